The van der Waals surface area contributed by atoms with Gasteiger partial charge in [-0.2, -0.15) is 13.9 Å². The van der Waals surface area contributed by atoms with E-state index in [-0.39, 0.29) is 23.2 Å². The lowest BCUT2D eigenvalue weighted by molar-refractivity contribution is -0.118. The Labute approximate surface area is 191 Å². The Hall–Kier alpha value is -3.56. The van der Waals surface area contributed by atoms with Gasteiger partial charge < -0.3 is 15.8 Å². The maximum absolute atomic E-state index is 13.7. The minimum Gasteiger partial charge on any atom is -0.440 e. The van der Waals surface area contributed by atoms with E-state index in [1.165, 1.54) is 24.4 Å². The highest BCUT2D eigenvalue weighted by Gasteiger charge is 2.23. The minimum atomic E-state index is -2.95. The summed E-state index contributed by atoms with van der Waals surface area (Å²) >= 11 is 0. The molecule has 0 aliphatic heterocycles. The number of nitrogens with zero attached hydrogens (tertiary/aromatic N) is 3. The van der Waals surface area contributed by atoms with Crippen molar-refractivity contribution >= 4 is 17.7 Å². The number of alkyl halides is 2. The molecule has 0 aliphatic rings. The van der Waals surface area contributed by atoms with E-state index in [1.54, 1.807) is 6.92 Å². The number of pyridine rings is 1. The Balaban J connectivity index is 2.48. The normalized spacial score (nSPS) is 13.7. The first-order valence-electron chi connectivity index (χ1n) is 10.3. The molecule has 0 aromatic carbocycles. The summed E-state index contributed by atoms with van der Waals surface area (Å²) in [5, 5.41) is 6.32. The Morgan fingerprint density at radius 2 is 2.06 bits per heavy atom. The third-order valence-electron chi connectivity index (χ3n) is 4.62. The summed E-state index contributed by atoms with van der Waals surface area (Å²) in [6.07, 6.45) is 6.25. The van der Waals surface area contributed by atoms with Crippen molar-refractivity contribution in [1.82, 2.24) is 14.8 Å². The number of allylic oxidation sites excluding steroid dienone is 1. The molecular formula is C23H29F2N5O3. The summed E-state index contributed by atoms with van der Waals surface area (Å²) in [7, 11) is 0. The van der Waals surface area contributed by atoms with Crippen LogP contribution >= 0.6 is 0 Å². The molecule has 178 valence electrons. The summed E-state index contributed by atoms with van der Waals surface area (Å²) in [5.74, 6) is -0.958. The van der Waals surface area contributed by atoms with Gasteiger partial charge in [0.15, 0.2) is 0 Å². The molecule has 10 heteroatoms. The van der Waals surface area contributed by atoms with Crippen molar-refractivity contribution in [2.24, 2.45) is 17.1 Å². The van der Waals surface area contributed by atoms with Crippen LogP contribution in [0.5, 0.6) is 0 Å². The number of anilines is 1. The van der Waals surface area contributed by atoms with Gasteiger partial charge in [-0.05, 0) is 17.5 Å². The summed E-state index contributed by atoms with van der Waals surface area (Å²) in [6, 6.07) is 3.00. The number of amides is 2. The molecular weight excluding hydrogens is 432 g/mol. The van der Waals surface area contributed by atoms with Gasteiger partial charge in [0.1, 0.15) is 6.10 Å². The summed E-state index contributed by atoms with van der Waals surface area (Å²) < 4.78 is 33.0. The summed E-state index contributed by atoms with van der Waals surface area (Å²) in [5.41, 5.74) is 5.83. The quantitative estimate of drug-likeness (QED) is 0.497. The van der Waals surface area contributed by atoms with Gasteiger partial charge in [0.05, 0.1) is 29.2 Å². The van der Waals surface area contributed by atoms with Gasteiger partial charge in [0.25, 0.3) is 0 Å². The fourth-order valence-corrected chi connectivity index (χ4v) is 2.93. The van der Waals surface area contributed by atoms with E-state index in [2.05, 4.69) is 22.0 Å². The zero-order chi connectivity index (χ0) is 24.8. The van der Waals surface area contributed by atoms with Crippen LogP contribution in [-0.2, 0) is 9.53 Å². The number of carbonyl (C=O) groups is 2. The molecule has 8 nitrogen and oxygen atoms in total. The first kappa shape index (κ1) is 25.7. The third-order valence-corrected chi connectivity index (χ3v) is 4.62. The van der Waals surface area contributed by atoms with Gasteiger partial charge in [-0.15, -0.1) is 6.58 Å². The van der Waals surface area contributed by atoms with Crippen LogP contribution in [0.2, 0.25) is 0 Å². The Bertz CT molecular complexity index is 1030. The number of nitrogens with two attached hydrogens (primary N) is 1. The molecule has 2 aromatic rings. The van der Waals surface area contributed by atoms with Crippen molar-refractivity contribution in [3.8, 4) is 11.3 Å². The van der Waals surface area contributed by atoms with E-state index in [0.29, 0.717) is 15.9 Å². The Morgan fingerprint density at radius 1 is 1.36 bits per heavy atom. The van der Waals surface area contributed by atoms with Crippen LogP contribution in [-0.4, -0.2) is 26.8 Å². The molecule has 0 saturated carbocycles. The molecule has 0 bridgehead atoms. The number of halogens is 2. The van der Waals surface area contributed by atoms with Crippen LogP contribution in [0.3, 0.4) is 0 Å². The predicted molar refractivity (Wildman–Crippen MR) is 121 cm³/mol. The van der Waals surface area contributed by atoms with Gasteiger partial charge in [0, 0.05) is 18.2 Å². The zero-order valence-corrected chi connectivity index (χ0v) is 19.1. The molecule has 0 radical (unpaired) electrons. The molecule has 2 heterocycles. The topological polar surface area (TPSA) is 112 Å². The minimum absolute atomic E-state index is 0.0127. The fourth-order valence-electron chi connectivity index (χ4n) is 2.93. The number of hydrogen-bond donors (Lipinski definition) is 2. The van der Waals surface area contributed by atoms with Crippen molar-refractivity contribution in [1.29, 1.82) is 0 Å². The maximum atomic E-state index is 13.7. The van der Waals surface area contributed by atoms with Gasteiger partial charge >= 0.3 is 12.6 Å². The first-order valence-corrected chi connectivity index (χ1v) is 10.3. The Morgan fingerprint density at radius 3 is 2.64 bits per heavy atom. The van der Waals surface area contributed by atoms with Crippen LogP contribution in [0.4, 0.5) is 19.3 Å². The fraction of sp³-hybridized carbons (Fsp3) is 0.391. The zero-order valence-electron chi connectivity index (χ0n) is 19.1. The van der Waals surface area contributed by atoms with E-state index in [4.69, 9.17) is 10.5 Å². The monoisotopic (exact) mass is 461 g/mol. The molecule has 3 N–H and O–H groups in total. The molecule has 0 aliphatic carbocycles. The van der Waals surface area contributed by atoms with E-state index in [9.17, 15) is 18.4 Å². The lowest BCUT2D eigenvalue weighted by atomic mass is 9.95. The third kappa shape index (κ3) is 7.23. The molecule has 2 rings (SSSR count). The largest absolute Gasteiger partial charge is 0.440 e. The van der Waals surface area contributed by atoms with Gasteiger partial charge in [-0.3, -0.25) is 9.78 Å². The van der Waals surface area contributed by atoms with Crippen LogP contribution in [0.1, 0.15) is 52.5 Å². The molecule has 33 heavy (non-hydrogen) atoms. The van der Waals surface area contributed by atoms with Crippen molar-refractivity contribution < 1.29 is 23.1 Å². The molecule has 0 fully saturated rings. The molecule has 2 atom stereocenters. The van der Waals surface area contributed by atoms with Gasteiger partial charge in [-0.25, -0.2) is 9.48 Å². The number of nitrogens with one attached hydrogen (secondary N) is 1. The number of carbonyl (C=O) groups excluding carboxylic acids is 2. The average Bonchev–Trinajstić information content (AvgIpc) is 3.15. The van der Waals surface area contributed by atoms with E-state index in [1.807, 2.05) is 32.9 Å². The maximum Gasteiger partial charge on any atom is 0.405 e. The standard InChI is InChI=1S/C23H29F2N5O3/c1-6-14(2)20(31)29-17-13-28-30(21(24)25)19(17)15-9-11-27-16(12-15)18(33-22(26)32)8-7-10-23(3,4)5/h6-7,9-14,18,21H,1,8H2,2-5H3,(H2,26,32)(H,29,31)/t14-,18+/m1/s1. The summed E-state index contributed by atoms with van der Waals surface area (Å²) in [6.45, 7) is 8.28. The van der Waals surface area contributed by atoms with Crippen LogP contribution < -0.4 is 11.1 Å². The van der Waals surface area contributed by atoms with Crippen molar-refractivity contribution in [2.75, 3.05) is 5.32 Å². The molecule has 2 amide bonds. The lowest BCUT2D eigenvalue weighted by Gasteiger charge is -2.17. The number of aromatic nitrogens is 3. The molecule has 0 unspecified atom stereocenters. The van der Waals surface area contributed by atoms with E-state index in [0.717, 1.165) is 6.20 Å². The van der Waals surface area contributed by atoms with Crippen LogP contribution in [0, 0.1) is 11.3 Å². The first-order chi connectivity index (χ1) is 15.4. The molecule has 0 saturated heterocycles. The smallest absolute Gasteiger partial charge is 0.405 e. The SMILES string of the molecule is C=C[C@@H](C)C(=O)Nc1cnn(C(F)F)c1-c1ccnc([C@H](CC=CC(C)(C)C)OC(N)=O)c1. The average molecular weight is 462 g/mol. The van der Waals surface area contributed by atoms with Crippen molar-refractivity contribution in [3.05, 3.63) is 55.0 Å². The highest BCUT2D eigenvalue weighted by Crippen LogP contribution is 2.33. The Kier molecular flexibility index (Phi) is 8.44. The van der Waals surface area contributed by atoms with Crippen molar-refractivity contribution in [2.45, 2.75) is 46.8 Å². The number of ether oxygens (including phenoxy) is 1. The van der Waals surface area contributed by atoms with Crippen LogP contribution in [0.25, 0.3) is 11.3 Å². The second-order valence-corrected chi connectivity index (χ2v) is 8.54. The number of primary amides is 1. The summed E-state index contributed by atoms with van der Waals surface area (Å²) in [4.78, 5) is 28.0. The second kappa shape index (κ2) is 10.8. The van der Waals surface area contributed by atoms with Gasteiger partial charge in [-0.1, -0.05) is 45.9 Å². The predicted octanol–water partition coefficient (Wildman–Crippen LogP) is 5.23. The van der Waals surface area contributed by atoms with E-state index < -0.39 is 30.6 Å². The van der Waals surface area contributed by atoms with Gasteiger partial charge in [0.2, 0.25) is 5.91 Å². The number of rotatable bonds is 9. The molecule has 2 aromatic heterocycles. The highest BCUT2D eigenvalue weighted by atomic mass is 19.3. The lowest BCUT2D eigenvalue weighted by Crippen LogP contribution is -2.19. The number of hydrogen-bond acceptors (Lipinski definition) is 5. The molecule has 0 spiro atoms. The van der Waals surface area contributed by atoms with E-state index >= 15 is 0 Å². The van der Waals surface area contributed by atoms with Crippen LogP contribution in [0.15, 0.2) is 49.3 Å². The highest BCUT2D eigenvalue weighted by molar-refractivity contribution is 5.96. The second-order valence-electron chi connectivity index (χ2n) is 8.54. The van der Waals surface area contributed by atoms with Crippen molar-refractivity contribution in [3.63, 3.8) is 0 Å².